The number of hydrogen-bond acceptors (Lipinski definition) is 2. The van der Waals surface area contributed by atoms with E-state index in [-0.39, 0.29) is 0 Å². The summed E-state index contributed by atoms with van der Waals surface area (Å²) < 4.78 is 0. The summed E-state index contributed by atoms with van der Waals surface area (Å²) in [6, 6.07) is 10.3. The zero-order valence-electron chi connectivity index (χ0n) is 7.66. The molecule has 1 aromatic carbocycles. The van der Waals surface area contributed by atoms with Crippen molar-refractivity contribution in [2.75, 3.05) is 6.61 Å². The van der Waals surface area contributed by atoms with Crippen molar-refractivity contribution in [1.29, 1.82) is 0 Å². The van der Waals surface area contributed by atoms with Crippen LogP contribution in [0.5, 0.6) is 0 Å². The highest BCUT2D eigenvalue weighted by molar-refractivity contribution is 6.03. The van der Waals surface area contributed by atoms with Crippen LogP contribution < -0.4 is 0 Å². The molecule has 1 N–H and O–H groups in total. The van der Waals surface area contributed by atoms with Crippen molar-refractivity contribution in [3.8, 4) is 0 Å². The van der Waals surface area contributed by atoms with E-state index in [0.29, 0.717) is 6.61 Å². The Hall–Kier alpha value is -1.77. The minimum absolute atomic E-state index is 0.699. The Morgan fingerprint density at radius 1 is 1.29 bits per heavy atom. The molecule has 1 aliphatic heterocycles. The highest BCUT2D eigenvalue weighted by atomic mass is 16.6. The largest absolute Gasteiger partial charge is 0.395 e. The third-order valence-electron chi connectivity index (χ3n) is 2.45. The molecule has 3 nitrogen and oxygen atoms in total. The van der Waals surface area contributed by atoms with Crippen molar-refractivity contribution in [3.05, 3.63) is 36.0 Å². The molecule has 3 heteroatoms. The number of aromatic nitrogens is 1. The Bertz CT molecular complexity index is 466. The normalized spacial score (nSPS) is 15.6. The van der Waals surface area contributed by atoms with E-state index < -0.39 is 0 Å². The Labute approximate surface area is 81.4 Å². The second-order valence-electron chi connectivity index (χ2n) is 3.39. The van der Waals surface area contributed by atoms with Crippen molar-refractivity contribution in [2.45, 2.75) is 6.42 Å². The Kier molecular flexibility index (Phi) is 1.56. The predicted molar refractivity (Wildman–Crippen MR) is 55.4 cm³/mol. The standard InChI is InChI=1S/C11H10N2O/c1-2-4-9-8(3-1)7-11(12-9)10-5-6-14-13-10/h1-4,7,12H,5-6H2. The molecule has 0 bridgehead atoms. The first-order valence-electron chi connectivity index (χ1n) is 4.70. The molecule has 0 unspecified atom stereocenters. The molecule has 0 spiro atoms. The first-order valence-corrected chi connectivity index (χ1v) is 4.70. The molecule has 14 heavy (non-hydrogen) atoms. The quantitative estimate of drug-likeness (QED) is 0.729. The molecule has 3 rings (SSSR count). The van der Waals surface area contributed by atoms with E-state index in [1.54, 1.807) is 0 Å². The van der Waals surface area contributed by atoms with Gasteiger partial charge in [-0.05, 0) is 12.1 Å². The number of nitrogens with zero attached hydrogens (tertiary/aromatic N) is 1. The van der Waals surface area contributed by atoms with Crippen LogP contribution in [0, 0.1) is 0 Å². The van der Waals surface area contributed by atoms with Gasteiger partial charge in [0.1, 0.15) is 12.3 Å². The molecule has 0 saturated heterocycles. The average Bonchev–Trinajstić information content (AvgIpc) is 2.86. The van der Waals surface area contributed by atoms with Crippen LogP contribution in [0.2, 0.25) is 0 Å². The first kappa shape index (κ1) is 7.62. The molecule has 0 radical (unpaired) electrons. The van der Waals surface area contributed by atoms with E-state index in [1.807, 2.05) is 12.1 Å². The molecular weight excluding hydrogens is 176 g/mol. The Morgan fingerprint density at radius 2 is 2.21 bits per heavy atom. The molecule has 2 heterocycles. The fourth-order valence-corrected chi connectivity index (χ4v) is 1.72. The van der Waals surface area contributed by atoms with Gasteiger partial charge in [0.05, 0.1) is 5.69 Å². The van der Waals surface area contributed by atoms with Gasteiger partial charge in [-0.15, -0.1) is 0 Å². The Morgan fingerprint density at radius 3 is 3.00 bits per heavy atom. The number of aromatic amines is 1. The maximum absolute atomic E-state index is 4.98. The van der Waals surface area contributed by atoms with Gasteiger partial charge in [0, 0.05) is 17.3 Å². The molecule has 70 valence electrons. The molecule has 0 fully saturated rings. The summed E-state index contributed by atoms with van der Waals surface area (Å²) >= 11 is 0. The number of oxime groups is 1. The van der Waals surface area contributed by atoms with Crippen molar-refractivity contribution in [3.63, 3.8) is 0 Å². The van der Waals surface area contributed by atoms with Crippen LogP contribution in [-0.2, 0) is 4.84 Å². The van der Waals surface area contributed by atoms with Gasteiger partial charge >= 0.3 is 0 Å². The molecule has 0 amide bonds. The maximum atomic E-state index is 4.98. The van der Waals surface area contributed by atoms with Gasteiger partial charge in [0.2, 0.25) is 0 Å². The van der Waals surface area contributed by atoms with Crippen molar-refractivity contribution >= 4 is 16.6 Å². The van der Waals surface area contributed by atoms with Crippen molar-refractivity contribution < 1.29 is 4.84 Å². The molecular formula is C11H10N2O. The van der Waals surface area contributed by atoms with E-state index >= 15 is 0 Å². The van der Waals surface area contributed by atoms with Crippen LogP contribution in [0.3, 0.4) is 0 Å². The molecule has 0 saturated carbocycles. The molecule has 0 atom stereocenters. The van der Waals surface area contributed by atoms with Crippen LogP contribution in [-0.4, -0.2) is 17.3 Å². The monoisotopic (exact) mass is 186 g/mol. The number of para-hydroxylation sites is 1. The third kappa shape index (κ3) is 1.09. The minimum atomic E-state index is 0.699. The first-order chi connectivity index (χ1) is 6.93. The van der Waals surface area contributed by atoms with Crippen LogP contribution >= 0.6 is 0 Å². The zero-order valence-corrected chi connectivity index (χ0v) is 7.66. The van der Waals surface area contributed by atoms with Crippen LogP contribution in [0.25, 0.3) is 10.9 Å². The predicted octanol–water partition coefficient (Wildman–Crippen LogP) is 2.29. The summed E-state index contributed by atoms with van der Waals surface area (Å²) in [6.07, 6.45) is 0.896. The summed E-state index contributed by atoms with van der Waals surface area (Å²) in [4.78, 5) is 8.30. The number of nitrogens with one attached hydrogen (secondary N) is 1. The van der Waals surface area contributed by atoms with Gasteiger partial charge in [-0.25, -0.2) is 0 Å². The van der Waals surface area contributed by atoms with Gasteiger partial charge in [-0.2, -0.15) is 0 Å². The lowest BCUT2D eigenvalue weighted by Crippen LogP contribution is -1.96. The number of hydrogen-bond donors (Lipinski definition) is 1. The van der Waals surface area contributed by atoms with Crippen LogP contribution in [0.1, 0.15) is 12.1 Å². The summed E-state index contributed by atoms with van der Waals surface area (Å²) in [6.45, 7) is 0.699. The summed E-state index contributed by atoms with van der Waals surface area (Å²) in [7, 11) is 0. The topological polar surface area (TPSA) is 37.4 Å². The van der Waals surface area contributed by atoms with Crippen molar-refractivity contribution in [1.82, 2.24) is 4.98 Å². The van der Waals surface area contributed by atoms with Gasteiger partial charge in [0.15, 0.2) is 0 Å². The molecule has 2 aromatic rings. The second-order valence-corrected chi connectivity index (χ2v) is 3.39. The highest BCUT2D eigenvalue weighted by Gasteiger charge is 2.12. The fraction of sp³-hybridized carbons (Fsp3) is 0.182. The third-order valence-corrected chi connectivity index (χ3v) is 2.45. The van der Waals surface area contributed by atoms with Gasteiger partial charge < -0.3 is 9.82 Å². The lowest BCUT2D eigenvalue weighted by molar-refractivity contribution is 0.174. The second kappa shape index (κ2) is 2.87. The molecule has 0 aliphatic carbocycles. The zero-order chi connectivity index (χ0) is 9.38. The smallest absolute Gasteiger partial charge is 0.122 e. The van der Waals surface area contributed by atoms with E-state index in [9.17, 15) is 0 Å². The van der Waals surface area contributed by atoms with Crippen molar-refractivity contribution in [2.24, 2.45) is 5.16 Å². The lowest BCUT2D eigenvalue weighted by Gasteiger charge is -1.89. The summed E-state index contributed by atoms with van der Waals surface area (Å²) in [5, 5.41) is 5.21. The summed E-state index contributed by atoms with van der Waals surface area (Å²) in [5.74, 6) is 0. The van der Waals surface area contributed by atoms with Gasteiger partial charge in [0.25, 0.3) is 0 Å². The highest BCUT2D eigenvalue weighted by Crippen LogP contribution is 2.17. The maximum Gasteiger partial charge on any atom is 0.122 e. The lowest BCUT2D eigenvalue weighted by atomic mass is 10.2. The van der Waals surface area contributed by atoms with E-state index in [0.717, 1.165) is 23.3 Å². The number of rotatable bonds is 1. The average molecular weight is 186 g/mol. The van der Waals surface area contributed by atoms with Gasteiger partial charge in [-0.1, -0.05) is 23.4 Å². The van der Waals surface area contributed by atoms with E-state index in [2.05, 4.69) is 28.3 Å². The van der Waals surface area contributed by atoms with E-state index in [1.165, 1.54) is 5.39 Å². The molecule has 1 aromatic heterocycles. The number of fused-ring (bicyclic) bond motifs is 1. The SMILES string of the molecule is c1ccc2[nH]c(C3=NOCC3)cc2c1. The number of H-pyrrole nitrogens is 1. The fourth-order valence-electron chi connectivity index (χ4n) is 1.72. The Balaban J connectivity index is 2.14. The summed E-state index contributed by atoms with van der Waals surface area (Å²) in [5.41, 5.74) is 3.24. The van der Waals surface area contributed by atoms with Crippen LogP contribution in [0.4, 0.5) is 0 Å². The molecule has 1 aliphatic rings. The van der Waals surface area contributed by atoms with Crippen LogP contribution in [0.15, 0.2) is 35.5 Å². The number of benzene rings is 1. The van der Waals surface area contributed by atoms with E-state index in [4.69, 9.17) is 4.84 Å². The van der Waals surface area contributed by atoms with Gasteiger partial charge in [-0.3, -0.25) is 0 Å². The minimum Gasteiger partial charge on any atom is -0.395 e.